The Labute approximate surface area is 203 Å². The van der Waals surface area contributed by atoms with Gasteiger partial charge in [0.2, 0.25) is 17.7 Å². The molecule has 4 aliphatic rings. The van der Waals surface area contributed by atoms with Crippen molar-refractivity contribution in [2.45, 2.75) is 50.1 Å². The average Bonchev–Trinajstić information content (AvgIpc) is 3.22. The molecular formula is C22H34N4O7S. The van der Waals surface area contributed by atoms with Gasteiger partial charge in [-0.15, -0.1) is 11.8 Å². The van der Waals surface area contributed by atoms with Gasteiger partial charge in [-0.2, -0.15) is 0 Å². The second-order valence-electron chi connectivity index (χ2n) is 9.47. The second-order valence-corrected chi connectivity index (χ2v) is 10.8. The minimum atomic E-state index is -1.48. The molecule has 0 saturated carbocycles. The summed E-state index contributed by atoms with van der Waals surface area (Å²) in [5.74, 6) is -0.965. The molecule has 3 saturated heterocycles. The SMILES string of the molecule is CC(O)C1C(=O)N2C(OC(=O)O)=C(SC3CNC(C(=O)N4CCCN(CCO)CC4)C3)C(C)[C@@H]12. The van der Waals surface area contributed by atoms with Crippen molar-refractivity contribution in [1.29, 1.82) is 0 Å². The number of nitrogens with zero attached hydrogens (tertiary/aromatic N) is 3. The molecule has 6 atom stereocenters. The maximum absolute atomic E-state index is 13.1. The summed E-state index contributed by atoms with van der Waals surface area (Å²) >= 11 is 1.46. The standard InChI is InChI=1S/C22H34N4O7S/c1-12-17-16(13(2)28)20(30)26(17)21(33-22(31)32)18(12)34-14-10-15(23-11-14)19(29)25-5-3-4-24(6-7-25)8-9-27/h12-17,23,27-28H,3-11H2,1-2H3,(H,31,32)/t12?,13?,14?,15?,16?,17-/m0/s1. The molecular weight excluding hydrogens is 464 g/mol. The molecule has 4 heterocycles. The average molecular weight is 499 g/mol. The van der Waals surface area contributed by atoms with Crippen molar-refractivity contribution < 1.29 is 34.4 Å². The number of carboxylic acid groups (broad SMARTS) is 1. The molecule has 12 heteroatoms. The van der Waals surface area contributed by atoms with Gasteiger partial charge in [-0.3, -0.25) is 19.4 Å². The van der Waals surface area contributed by atoms with Crippen LogP contribution in [0.1, 0.15) is 26.7 Å². The van der Waals surface area contributed by atoms with Crippen molar-refractivity contribution in [3.8, 4) is 0 Å². The minimum Gasteiger partial charge on any atom is -0.449 e. The van der Waals surface area contributed by atoms with Crippen molar-refractivity contribution >= 4 is 29.7 Å². The van der Waals surface area contributed by atoms with Crippen LogP contribution in [0.15, 0.2) is 10.8 Å². The number of amides is 2. The topological polar surface area (TPSA) is 143 Å². The highest BCUT2D eigenvalue weighted by atomic mass is 32.2. The van der Waals surface area contributed by atoms with Crippen LogP contribution in [0.2, 0.25) is 0 Å². The first-order valence-electron chi connectivity index (χ1n) is 11.9. The molecule has 4 rings (SSSR count). The molecule has 3 fully saturated rings. The van der Waals surface area contributed by atoms with Crippen LogP contribution < -0.4 is 5.32 Å². The lowest BCUT2D eigenvalue weighted by molar-refractivity contribution is -0.163. The number of hydrogen-bond donors (Lipinski definition) is 4. The van der Waals surface area contributed by atoms with E-state index >= 15 is 0 Å². The second kappa shape index (κ2) is 10.4. The van der Waals surface area contributed by atoms with E-state index in [1.54, 1.807) is 6.92 Å². The van der Waals surface area contributed by atoms with E-state index in [0.717, 1.165) is 19.5 Å². The van der Waals surface area contributed by atoms with Crippen molar-refractivity contribution in [3.05, 3.63) is 10.8 Å². The molecule has 34 heavy (non-hydrogen) atoms. The summed E-state index contributed by atoms with van der Waals surface area (Å²) in [4.78, 5) is 43.1. The maximum Gasteiger partial charge on any atom is 0.512 e. The number of rotatable bonds is 7. The van der Waals surface area contributed by atoms with Crippen LogP contribution >= 0.6 is 11.8 Å². The number of aliphatic hydroxyl groups is 2. The molecule has 190 valence electrons. The molecule has 11 nitrogen and oxygen atoms in total. The van der Waals surface area contributed by atoms with E-state index in [2.05, 4.69) is 10.2 Å². The van der Waals surface area contributed by atoms with Crippen LogP contribution in [0.5, 0.6) is 0 Å². The van der Waals surface area contributed by atoms with Gasteiger partial charge in [-0.25, -0.2) is 4.79 Å². The number of aliphatic hydroxyl groups excluding tert-OH is 2. The van der Waals surface area contributed by atoms with Crippen LogP contribution in [-0.4, -0.2) is 117 Å². The molecule has 5 unspecified atom stereocenters. The summed E-state index contributed by atoms with van der Waals surface area (Å²) in [7, 11) is 0. The number of ether oxygens (including phenoxy) is 1. The molecule has 0 aromatic carbocycles. The van der Waals surface area contributed by atoms with Crippen LogP contribution in [0.25, 0.3) is 0 Å². The van der Waals surface area contributed by atoms with Crippen LogP contribution in [0.3, 0.4) is 0 Å². The van der Waals surface area contributed by atoms with E-state index in [9.17, 15) is 24.6 Å². The van der Waals surface area contributed by atoms with E-state index in [4.69, 9.17) is 9.84 Å². The fourth-order valence-electron chi connectivity index (χ4n) is 5.54. The van der Waals surface area contributed by atoms with Crippen molar-refractivity contribution in [1.82, 2.24) is 20.0 Å². The first kappa shape index (κ1) is 25.2. The number of β-lactam (4-membered cyclic amide) rings is 1. The van der Waals surface area contributed by atoms with E-state index in [-0.39, 0.29) is 47.6 Å². The molecule has 0 radical (unpaired) electrons. The zero-order valence-corrected chi connectivity index (χ0v) is 20.4. The Bertz CT molecular complexity index is 853. The Morgan fingerprint density at radius 2 is 2.03 bits per heavy atom. The van der Waals surface area contributed by atoms with E-state index in [0.29, 0.717) is 37.5 Å². The van der Waals surface area contributed by atoms with Gasteiger partial charge in [0.05, 0.1) is 35.6 Å². The third-order valence-electron chi connectivity index (χ3n) is 7.25. The van der Waals surface area contributed by atoms with Gasteiger partial charge >= 0.3 is 6.16 Å². The number of thioether (sulfide) groups is 1. The smallest absolute Gasteiger partial charge is 0.449 e. The highest BCUT2D eigenvalue weighted by Crippen LogP contribution is 2.52. The Morgan fingerprint density at radius 3 is 2.71 bits per heavy atom. The molecule has 0 aromatic rings. The molecule has 2 amide bonds. The van der Waals surface area contributed by atoms with Crippen LogP contribution in [0, 0.1) is 11.8 Å². The van der Waals surface area contributed by atoms with Gasteiger partial charge in [0, 0.05) is 43.9 Å². The van der Waals surface area contributed by atoms with Gasteiger partial charge in [0.15, 0.2) is 0 Å². The summed E-state index contributed by atoms with van der Waals surface area (Å²) in [6.07, 6.45) is -0.853. The summed E-state index contributed by atoms with van der Waals surface area (Å²) < 4.78 is 5.03. The summed E-state index contributed by atoms with van der Waals surface area (Å²) in [5, 5.41) is 31.8. The normalized spacial score (nSPS) is 32.9. The van der Waals surface area contributed by atoms with E-state index in [1.807, 2.05) is 11.8 Å². The number of carbonyl (C=O) groups excluding carboxylic acids is 2. The van der Waals surface area contributed by atoms with Gasteiger partial charge in [-0.05, 0) is 26.3 Å². The molecule has 0 spiro atoms. The predicted molar refractivity (Wildman–Crippen MR) is 124 cm³/mol. The molecule has 4 aliphatic heterocycles. The first-order valence-corrected chi connectivity index (χ1v) is 12.8. The Balaban J connectivity index is 1.40. The van der Waals surface area contributed by atoms with Gasteiger partial charge in [0.25, 0.3) is 0 Å². The van der Waals surface area contributed by atoms with Crippen LogP contribution in [-0.2, 0) is 14.3 Å². The molecule has 0 bridgehead atoms. The number of hydrogen-bond acceptors (Lipinski definition) is 9. The Morgan fingerprint density at radius 1 is 1.26 bits per heavy atom. The van der Waals surface area contributed by atoms with Gasteiger partial charge in [-0.1, -0.05) is 6.92 Å². The fourth-order valence-corrected chi connectivity index (χ4v) is 6.96. The Kier molecular flexibility index (Phi) is 7.72. The predicted octanol–water partition coefficient (Wildman–Crippen LogP) is -0.302. The summed E-state index contributed by atoms with van der Waals surface area (Å²) in [5.41, 5.74) is 0. The lowest BCUT2D eigenvalue weighted by Crippen LogP contribution is -2.63. The van der Waals surface area contributed by atoms with Crippen molar-refractivity contribution in [2.75, 3.05) is 45.9 Å². The number of nitrogens with one attached hydrogen (secondary N) is 1. The quantitative estimate of drug-likeness (QED) is 0.273. The zero-order chi connectivity index (χ0) is 24.6. The fraction of sp³-hybridized carbons (Fsp3) is 0.773. The summed E-state index contributed by atoms with van der Waals surface area (Å²) in [6.45, 7) is 7.73. The third kappa shape index (κ3) is 4.78. The summed E-state index contributed by atoms with van der Waals surface area (Å²) in [6, 6.07) is -0.637. The zero-order valence-electron chi connectivity index (χ0n) is 19.6. The van der Waals surface area contributed by atoms with E-state index in [1.165, 1.54) is 16.7 Å². The largest absolute Gasteiger partial charge is 0.512 e. The third-order valence-corrected chi connectivity index (χ3v) is 8.74. The maximum atomic E-state index is 13.1. The highest BCUT2D eigenvalue weighted by Gasteiger charge is 2.60. The lowest BCUT2D eigenvalue weighted by Gasteiger charge is -2.45. The van der Waals surface area contributed by atoms with Crippen molar-refractivity contribution in [3.63, 3.8) is 0 Å². The van der Waals surface area contributed by atoms with Crippen LogP contribution in [0.4, 0.5) is 4.79 Å². The highest BCUT2D eigenvalue weighted by molar-refractivity contribution is 8.03. The number of β-amino-alcohol motifs (C(OH)–C–C–N with tert-alkyl or cyclic N) is 1. The van der Waals surface area contributed by atoms with Gasteiger partial charge in [0.1, 0.15) is 0 Å². The minimum absolute atomic E-state index is 0.0236. The van der Waals surface area contributed by atoms with Crippen molar-refractivity contribution in [2.24, 2.45) is 11.8 Å². The van der Waals surface area contributed by atoms with Gasteiger partial charge < -0.3 is 30.3 Å². The molecule has 0 aliphatic carbocycles. The lowest BCUT2D eigenvalue weighted by atomic mass is 9.79. The Hall–Kier alpha value is -1.86. The number of carbonyl (C=O) groups is 3. The monoisotopic (exact) mass is 498 g/mol. The first-order chi connectivity index (χ1) is 16.2. The van der Waals surface area contributed by atoms with E-state index < -0.39 is 18.2 Å². The molecule has 0 aromatic heterocycles. The molecule has 4 N–H and O–H groups in total. The number of fused-ring (bicyclic) bond motifs is 1.